The highest BCUT2D eigenvalue weighted by atomic mass is 14.9. The second-order valence-corrected chi connectivity index (χ2v) is 3.24. The molecule has 0 bridgehead atoms. The van der Waals surface area contributed by atoms with Gasteiger partial charge in [0.1, 0.15) is 0 Å². The van der Waals surface area contributed by atoms with Crippen LogP contribution in [0.4, 0.5) is 0 Å². The molecule has 0 fully saturated rings. The molecule has 0 unspecified atom stereocenters. The van der Waals surface area contributed by atoms with Crippen LogP contribution >= 0.6 is 0 Å². The van der Waals surface area contributed by atoms with Crippen molar-refractivity contribution < 1.29 is 0 Å². The van der Waals surface area contributed by atoms with Gasteiger partial charge in [0, 0.05) is 18.3 Å². The van der Waals surface area contributed by atoms with E-state index in [2.05, 4.69) is 41.2 Å². The molecule has 1 aromatic carbocycles. The summed E-state index contributed by atoms with van der Waals surface area (Å²) in [7, 11) is 0. The third kappa shape index (κ3) is 3.58. The summed E-state index contributed by atoms with van der Waals surface area (Å²) >= 11 is 0. The van der Waals surface area contributed by atoms with Crippen molar-refractivity contribution in [2.75, 3.05) is 0 Å². The number of benzene rings is 1. The van der Waals surface area contributed by atoms with E-state index in [1.54, 1.807) is 6.33 Å². The molecule has 0 saturated heterocycles. The molecule has 0 aliphatic rings. The fourth-order valence-electron chi connectivity index (χ4n) is 1.42. The van der Waals surface area contributed by atoms with Crippen LogP contribution in [0.25, 0.3) is 0 Å². The number of aryl methyl sites for hydroxylation is 1. The number of H-pyrrole nitrogens is 1. The van der Waals surface area contributed by atoms with Gasteiger partial charge in [-0.2, -0.15) is 0 Å². The van der Waals surface area contributed by atoms with Crippen LogP contribution in [0.15, 0.2) is 36.8 Å². The Morgan fingerprint density at radius 3 is 2.67 bits per heavy atom. The fraction of sp³-hybridized carbons (Fsp3) is 0.308. The van der Waals surface area contributed by atoms with Gasteiger partial charge in [-0.05, 0) is 12.5 Å². The lowest BCUT2D eigenvalue weighted by Crippen LogP contribution is -1.88. The molecule has 0 spiro atoms. The minimum absolute atomic E-state index is 0.932. The van der Waals surface area contributed by atoms with E-state index in [0.717, 1.165) is 12.1 Å². The average molecular weight is 202 g/mol. The summed E-state index contributed by atoms with van der Waals surface area (Å²) < 4.78 is 0. The van der Waals surface area contributed by atoms with Gasteiger partial charge in [0.05, 0.1) is 6.33 Å². The molecule has 0 radical (unpaired) electrons. The Morgan fingerprint density at radius 2 is 2.07 bits per heavy atom. The molecule has 0 atom stereocenters. The molecule has 0 aliphatic carbocycles. The van der Waals surface area contributed by atoms with Crippen LogP contribution in [0.1, 0.15) is 30.7 Å². The van der Waals surface area contributed by atoms with Crippen LogP contribution in [0.2, 0.25) is 0 Å². The molecule has 2 aromatic rings. The lowest BCUT2D eigenvalue weighted by Gasteiger charge is -1.99. The third-order valence-corrected chi connectivity index (χ3v) is 2.03. The van der Waals surface area contributed by atoms with Crippen molar-refractivity contribution in [3.8, 4) is 0 Å². The van der Waals surface area contributed by atoms with E-state index in [1.807, 2.05) is 20.0 Å². The molecule has 2 rings (SSSR count). The summed E-state index contributed by atoms with van der Waals surface area (Å²) in [4.78, 5) is 7.08. The second kappa shape index (κ2) is 6.02. The van der Waals surface area contributed by atoms with E-state index in [1.165, 1.54) is 11.1 Å². The molecular formula is C13H18N2. The van der Waals surface area contributed by atoms with E-state index in [0.29, 0.717) is 0 Å². The molecule has 1 aromatic heterocycles. The molecule has 0 saturated carbocycles. The van der Waals surface area contributed by atoms with Crippen LogP contribution in [0, 0.1) is 6.92 Å². The Kier molecular flexibility index (Phi) is 4.61. The first kappa shape index (κ1) is 11.5. The topological polar surface area (TPSA) is 28.7 Å². The van der Waals surface area contributed by atoms with Gasteiger partial charge in [0.2, 0.25) is 0 Å². The number of nitrogens with one attached hydrogen (secondary N) is 1. The Hall–Kier alpha value is -1.57. The average Bonchev–Trinajstić information content (AvgIpc) is 2.74. The predicted molar refractivity (Wildman–Crippen MR) is 63.9 cm³/mol. The van der Waals surface area contributed by atoms with Crippen molar-refractivity contribution in [3.05, 3.63) is 53.6 Å². The van der Waals surface area contributed by atoms with E-state index in [4.69, 9.17) is 0 Å². The lowest BCUT2D eigenvalue weighted by molar-refractivity contribution is 1.10. The first-order valence-electron chi connectivity index (χ1n) is 5.37. The maximum absolute atomic E-state index is 3.99. The number of hydrogen-bond acceptors (Lipinski definition) is 1. The van der Waals surface area contributed by atoms with Crippen molar-refractivity contribution in [2.45, 2.75) is 27.2 Å². The van der Waals surface area contributed by atoms with Gasteiger partial charge in [0.25, 0.3) is 0 Å². The van der Waals surface area contributed by atoms with Crippen LogP contribution in [0.5, 0.6) is 0 Å². The monoisotopic (exact) mass is 202 g/mol. The number of aromatic amines is 1. The molecule has 0 aliphatic heterocycles. The maximum Gasteiger partial charge on any atom is 0.0921 e. The fourth-order valence-corrected chi connectivity index (χ4v) is 1.42. The van der Waals surface area contributed by atoms with Gasteiger partial charge < -0.3 is 4.98 Å². The van der Waals surface area contributed by atoms with E-state index in [-0.39, 0.29) is 0 Å². The largest absolute Gasteiger partial charge is 0.348 e. The first-order chi connectivity index (χ1) is 7.34. The highest BCUT2D eigenvalue weighted by Crippen LogP contribution is 2.08. The van der Waals surface area contributed by atoms with Crippen molar-refractivity contribution in [2.24, 2.45) is 0 Å². The van der Waals surface area contributed by atoms with E-state index >= 15 is 0 Å². The minimum Gasteiger partial charge on any atom is -0.348 e. The Morgan fingerprint density at radius 1 is 1.27 bits per heavy atom. The summed E-state index contributed by atoms with van der Waals surface area (Å²) in [6, 6.07) is 8.52. The van der Waals surface area contributed by atoms with E-state index < -0.39 is 0 Å². The standard InChI is InChI=1S/C11H12N2.C2H6/c1-9-3-2-4-10(5-9)6-11-7-12-8-13-11;1-2/h2-5,7-8H,6H2,1H3,(H,12,13);1-2H3. The quantitative estimate of drug-likeness (QED) is 0.795. The minimum atomic E-state index is 0.932. The number of aromatic nitrogens is 2. The van der Waals surface area contributed by atoms with Gasteiger partial charge in [-0.3, -0.25) is 0 Å². The normalized spacial score (nSPS) is 9.27. The molecule has 1 heterocycles. The van der Waals surface area contributed by atoms with Crippen LogP contribution in [-0.2, 0) is 6.42 Å². The molecular weight excluding hydrogens is 184 g/mol. The maximum atomic E-state index is 3.99. The SMILES string of the molecule is CC.Cc1cccc(Cc2cnc[nH]2)c1. The third-order valence-electron chi connectivity index (χ3n) is 2.03. The molecule has 0 amide bonds. The van der Waals surface area contributed by atoms with Gasteiger partial charge in [0.15, 0.2) is 0 Å². The van der Waals surface area contributed by atoms with Crippen molar-refractivity contribution in [1.29, 1.82) is 0 Å². The zero-order chi connectivity index (χ0) is 11.1. The van der Waals surface area contributed by atoms with Gasteiger partial charge in [-0.1, -0.05) is 43.7 Å². The Balaban J connectivity index is 0.000000531. The number of hydrogen-bond donors (Lipinski definition) is 1. The summed E-state index contributed by atoms with van der Waals surface area (Å²) in [5, 5.41) is 0. The number of rotatable bonds is 2. The summed E-state index contributed by atoms with van der Waals surface area (Å²) in [5.41, 5.74) is 3.78. The molecule has 1 N–H and O–H groups in total. The molecule has 2 heteroatoms. The van der Waals surface area contributed by atoms with Crippen LogP contribution in [-0.4, -0.2) is 9.97 Å². The number of imidazole rings is 1. The lowest BCUT2D eigenvalue weighted by atomic mass is 10.1. The summed E-state index contributed by atoms with van der Waals surface area (Å²) in [5.74, 6) is 0. The van der Waals surface area contributed by atoms with Gasteiger partial charge in [-0.15, -0.1) is 0 Å². The van der Waals surface area contributed by atoms with Crippen molar-refractivity contribution in [1.82, 2.24) is 9.97 Å². The summed E-state index contributed by atoms with van der Waals surface area (Å²) in [6.45, 7) is 6.11. The number of nitrogens with zero attached hydrogens (tertiary/aromatic N) is 1. The zero-order valence-electron chi connectivity index (χ0n) is 9.62. The highest BCUT2D eigenvalue weighted by molar-refractivity contribution is 5.25. The van der Waals surface area contributed by atoms with Crippen molar-refractivity contribution >= 4 is 0 Å². The van der Waals surface area contributed by atoms with Crippen LogP contribution < -0.4 is 0 Å². The van der Waals surface area contributed by atoms with E-state index in [9.17, 15) is 0 Å². The second-order valence-electron chi connectivity index (χ2n) is 3.24. The zero-order valence-corrected chi connectivity index (χ0v) is 9.62. The van der Waals surface area contributed by atoms with Gasteiger partial charge >= 0.3 is 0 Å². The Labute approximate surface area is 91.4 Å². The molecule has 15 heavy (non-hydrogen) atoms. The molecule has 80 valence electrons. The van der Waals surface area contributed by atoms with Crippen LogP contribution in [0.3, 0.4) is 0 Å². The smallest absolute Gasteiger partial charge is 0.0921 e. The predicted octanol–water partition coefficient (Wildman–Crippen LogP) is 3.34. The summed E-state index contributed by atoms with van der Waals surface area (Å²) in [6.07, 6.45) is 4.51. The Bertz CT molecular complexity index is 377. The van der Waals surface area contributed by atoms with Gasteiger partial charge in [-0.25, -0.2) is 4.98 Å². The highest BCUT2D eigenvalue weighted by Gasteiger charge is 1.96. The van der Waals surface area contributed by atoms with Crippen molar-refractivity contribution in [3.63, 3.8) is 0 Å². The molecule has 2 nitrogen and oxygen atoms in total. The first-order valence-corrected chi connectivity index (χ1v) is 5.37.